The van der Waals surface area contributed by atoms with Gasteiger partial charge in [-0.25, -0.2) is 9.37 Å². The zero-order chi connectivity index (χ0) is 18.4. The third-order valence-electron chi connectivity index (χ3n) is 4.19. The zero-order valence-corrected chi connectivity index (χ0v) is 15.1. The van der Waals surface area contributed by atoms with E-state index >= 15 is 0 Å². The van der Waals surface area contributed by atoms with E-state index in [2.05, 4.69) is 39.7 Å². The monoisotopic (exact) mass is 350 g/mol. The van der Waals surface area contributed by atoms with Gasteiger partial charge in [0.1, 0.15) is 11.6 Å². The summed E-state index contributed by atoms with van der Waals surface area (Å²) in [6, 6.07) is 16.7. The molecule has 0 fully saturated rings. The highest BCUT2D eigenvalue weighted by atomic mass is 19.1. The summed E-state index contributed by atoms with van der Waals surface area (Å²) in [7, 11) is 0. The summed E-state index contributed by atoms with van der Waals surface area (Å²) in [5.74, 6) is 1.18. The summed E-state index contributed by atoms with van der Waals surface area (Å²) < 4.78 is 12.9. The van der Waals surface area contributed by atoms with E-state index in [1.165, 1.54) is 23.3 Å². The van der Waals surface area contributed by atoms with Crippen molar-refractivity contribution in [1.29, 1.82) is 0 Å². The fourth-order valence-electron chi connectivity index (χ4n) is 2.71. The van der Waals surface area contributed by atoms with Gasteiger partial charge in [-0.2, -0.15) is 4.98 Å². The van der Waals surface area contributed by atoms with Crippen molar-refractivity contribution in [2.24, 2.45) is 0 Å². The number of anilines is 2. The number of aromatic nitrogens is 2. The third kappa shape index (κ3) is 5.02. The van der Waals surface area contributed by atoms with E-state index in [0.717, 1.165) is 30.0 Å². The molecule has 2 aromatic carbocycles. The lowest BCUT2D eigenvalue weighted by Crippen LogP contribution is -2.10. The third-order valence-corrected chi connectivity index (χ3v) is 4.19. The van der Waals surface area contributed by atoms with Gasteiger partial charge in [-0.3, -0.25) is 0 Å². The van der Waals surface area contributed by atoms with Crippen LogP contribution in [0.2, 0.25) is 0 Å². The second-order valence-corrected chi connectivity index (χ2v) is 6.30. The first-order valence-electron chi connectivity index (χ1n) is 8.72. The number of aryl methyl sites for hydroxylation is 2. The molecular formula is C21H23FN4. The van der Waals surface area contributed by atoms with Gasteiger partial charge in [0, 0.05) is 24.8 Å². The van der Waals surface area contributed by atoms with Gasteiger partial charge in [0.15, 0.2) is 0 Å². The zero-order valence-electron chi connectivity index (χ0n) is 15.1. The van der Waals surface area contributed by atoms with Crippen LogP contribution in [-0.4, -0.2) is 16.5 Å². The molecule has 0 aliphatic carbocycles. The molecule has 0 aliphatic rings. The molecule has 2 N–H and O–H groups in total. The van der Waals surface area contributed by atoms with Crippen LogP contribution in [0.1, 0.15) is 22.4 Å². The lowest BCUT2D eigenvalue weighted by molar-refractivity contribution is 0.627. The van der Waals surface area contributed by atoms with Crippen LogP contribution in [0.5, 0.6) is 0 Å². The number of hydrogen-bond acceptors (Lipinski definition) is 4. The van der Waals surface area contributed by atoms with Crippen molar-refractivity contribution in [3.8, 4) is 0 Å². The fourth-order valence-corrected chi connectivity index (χ4v) is 2.71. The van der Waals surface area contributed by atoms with Gasteiger partial charge in [-0.05, 0) is 49.1 Å². The first kappa shape index (κ1) is 17.9. The minimum atomic E-state index is -0.211. The largest absolute Gasteiger partial charge is 0.370 e. The highest BCUT2D eigenvalue weighted by Crippen LogP contribution is 2.13. The Balaban J connectivity index is 1.58. The minimum Gasteiger partial charge on any atom is -0.370 e. The molecule has 1 aromatic heterocycles. The molecule has 0 amide bonds. The van der Waals surface area contributed by atoms with Crippen LogP contribution in [0, 0.1) is 19.7 Å². The Morgan fingerprint density at radius 3 is 2.46 bits per heavy atom. The Morgan fingerprint density at radius 1 is 0.923 bits per heavy atom. The van der Waals surface area contributed by atoms with Gasteiger partial charge < -0.3 is 10.6 Å². The first-order chi connectivity index (χ1) is 12.6. The molecule has 0 unspecified atom stereocenters. The van der Waals surface area contributed by atoms with Crippen LogP contribution in [0.25, 0.3) is 0 Å². The van der Waals surface area contributed by atoms with Crippen molar-refractivity contribution < 1.29 is 4.39 Å². The van der Waals surface area contributed by atoms with Crippen molar-refractivity contribution in [1.82, 2.24) is 9.97 Å². The number of halogens is 1. The maximum Gasteiger partial charge on any atom is 0.225 e. The maximum absolute atomic E-state index is 12.9. The molecular weight excluding hydrogens is 327 g/mol. The molecule has 3 rings (SSSR count). The molecule has 0 saturated heterocycles. The topological polar surface area (TPSA) is 49.8 Å². The lowest BCUT2D eigenvalue weighted by atomic mass is 10.1. The van der Waals surface area contributed by atoms with Crippen LogP contribution in [0.4, 0.5) is 16.2 Å². The van der Waals surface area contributed by atoms with E-state index in [1.54, 1.807) is 12.1 Å². The molecule has 0 spiro atoms. The smallest absolute Gasteiger partial charge is 0.225 e. The maximum atomic E-state index is 12.9. The fraction of sp³-hybridized carbons (Fsp3) is 0.238. The van der Waals surface area contributed by atoms with E-state index < -0.39 is 0 Å². The van der Waals surface area contributed by atoms with Gasteiger partial charge in [0.2, 0.25) is 5.95 Å². The van der Waals surface area contributed by atoms with Crippen LogP contribution in [0.15, 0.2) is 54.6 Å². The summed E-state index contributed by atoms with van der Waals surface area (Å²) >= 11 is 0. The summed E-state index contributed by atoms with van der Waals surface area (Å²) in [5, 5.41) is 6.61. The summed E-state index contributed by atoms with van der Waals surface area (Å²) in [5.41, 5.74) is 4.45. The highest BCUT2D eigenvalue weighted by Gasteiger charge is 2.04. The highest BCUT2D eigenvalue weighted by molar-refractivity contribution is 5.43. The predicted octanol–water partition coefficient (Wildman–Crippen LogP) is 4.50. The van der Waals surface area contributed by atoms with Gasteiger partial charge in [0.25, 0.3) is 0 Å². The van der Waals surface area contributed by atoms with Gasteiger partial charge in [0.05, 0.1) is 0 Å². The number of benzene rings is 2. The molecule has 5 heteroatoms. The molecule has 134 valence electrons. The number of rotatable bonds is 7. The SMILES string of the molecule is Cc1cc(NCCc2ccc(F)cc2)nc(NCc2ccccc2C)n1. The molecule has 0 aliphatic heterocycles. The molecule has 4 nitrogen and oxygen atoms in total. The van der Waals surface area contributed by atoms with Crippen LogP contribution in [0.3, 0.4) is 0 Å². The quantitative estimate of drug-likeness (QED) is 0.659. The second-order valence-electron chi connectivity index (χ2n) is 6.30. The Bertz CT molecular complexity index is 862. The number of nitrogens with one attached hydrogen (secondary N) is 2. The number of nitrogens with zero attached hydrogens (tertiary/aromatic N) is 2. The van der Waals surface area contributed by atoms with E-state index in [9.17, 15) is 4.39 Å². The normalized spacial score (nSPS) is 10.6. The average molecular weight is 350 g/mol. The molecule has 0 bridgehead atoms. The Kier molecular flexibility index (Phi) is 5.79. The molecule has 3 aromatic rings. The summed E-state index contributed by atoms with van der Waals surface area (Å²) in [6.07, 6.45) is 0.801. The van der Waals surface area contributed by atoms with Gasteiger partial charge in [-0.15, -0.1) is 0 Å². The van der Waals surface area contributed by atoms with Crippen molar-refractivity contribution >= 4 is 11.8 Å². The van der Waals surface area contributed by atoms with Crippen LogP contribution in [-0.2, 0) is 13.0 Å². The Morgan fingerprint density at radius 2 is 1.69 bits per heavy atom. The van der Waals surface area contributed by atoms with E-state index in [-0.39, 0.29) is 5.82 Å². The average Bonchev–Trinajstić information content (AvgIpc) is 2.62. The Labute approximate surface area is 153 Å². The first-order valence-corrected chi connectivity index (χ1v) is 8.72. The van der Waals surface area contributed by atoms with Crippen molar-refractivity contribution in [2.75, 3.05) is 17.2 Å². The predicted molar refractivity (Wildman–Crippen MR) is 104 cm³/mol. The molecule has 0 radical (unpaired) electrons. The molecule has 0 atom stereocenters. The summed E-state index contributed by atoms with van der Waals surface area (Å²) in [6.45, 7) is 5.45. The van der Waals surface area contributed by atoms with E-state index in [4.69, 9.17) is 0 Å². The summed E-state index contributed by atoms with van der Waals surface area (Å²) in [4.78, 5) is 8.98. The second kappa shape index (κ2) is 8.43. The van der Waals surface area contributed by atoms with Gasteiger partial charge in [-0.1, -0.05) is 36.4 Å². The van der Waals surface area contributed by atoms with Crippen LogP contribution < -0.4 is 10.6 Å². The van der Waals surface area contributed by atoms with E-state index in [1.807, 2.05) is 25.1 Å². The van der Waals surface area contributed by atoms with Crippen molar-refractivity contribution in [2.45, 2.75) is 26.8 Å². The minimum absolute atomic E-state index is 0.211. The molecule has 1 heterocycles. The molecule has 0 saturated carbocycles. The number of hydrogen-bond donors (Lipinski definition) is 2. The van der Waals surface area contributed by atoms with Crippen molar-refractivity contribution in [3.05, 3.63) is 82.8 Å². The molecule has 26 heavy (non-hydrogen) atoms. The Hall–Kier alpha value is -2.95. The van der Waals surface area contributed by atoms with Crippen molar-refractivity contribution in [3.63, 3.8) is 0 Å². The van der Waals surface area contributed by atoms with E-state index in [0.29, 0.717) is 12.5 Å². The van der Waals surface area contributed by atoms with Crippen LogP contribution >= 0.6 is 0 Å². The van der Waals surface area contributed by atoms with Gasteiger partial charge >= 0.3 is 0 Å². The lowest BCUT2D eigenvalue weighted by Gasteiger charge is -2.11. The standard InChI is InChI=1S/C21H23FN4/c1-15-5-3-4-6-18(15)14-24-21-25-16(2)13-20(26-21)23-12-11-17-7-9-19(22)10-8-17/h3-10,13H,11-12,14H2,1-2H3,(H2,23,24,25,26).